The van der Waals surface area contributed by atoms with Crippen molar-refractivity contribution in [1.29, 1.82) is 0 Å². The van der Waals surface area contributed by atoms with Crippen LogP contribution >= 0.6 is 22.6 Å². The quantitative estimate of drug-likeness (QED) is 0.380. The van der Waals surface area contributed by atoms with Gasteiger partial charge in [-0.15, -0.1) is 0 Å². The number of nitrogens with one attached hydrogen (secondary N) is 1. The molecule has 2 rings (SSSR count). The number of ether oxygens (including phenoxy) is 1. The molecule has 3 N–H and O–H groups in total. The molecule has 0 radical (unpaired) electrons. The third-order valence-corrected chi connectivity index (χ3v) is 3.21. The van der Waals surface area contributed by atoms with Crippen LogP contribution in [0.1, 0.15) is 16.1 Å². The van der Waals surface area contributed by atoms with Crippen molar-refractivity contribution >= 4 is 28.5 Å². The Morgan fingerprint density at radius 1 is 1.39 bits per heavy atom. The molecule has 0 unspecified atom stereocenters. The van der Waals surface area contributed by atoms with Crippen molar-refractivity contribution in [1.82, 2.24) is 5.43 Å². The van der Waals surface area contributed by atoms with Gasteiger partial charge in [0.05, 0.1) is 15.4 Å². The molecular weight excluding hydrogens is 347 g/mol. The number of nitrogens with two attached hydrogens (primary N) is 1. The summed E-state index contributed by atoms with van der Waals surface area (Å²) < 4.78 is 11.8. The monoisotopic (exact) mass is 358 g/mol. The summed E-state index contributed by atoms with van der Waals surface area (Å²) in [5, 5.41) is 0. The van der Waals surface area contributed by atoms with E-state index in [1.54, 1.807) is 6.07 Å². The number of carbonyl (C=O) groups is 1. The molecule has 0 aliphatic rings. The van der Waals surface area contributed by atoms with E-state index >= 15 is 0 Å². The van der Waals surface area contributed by atoms with Crippen LogP contribution < -0.4 is 16.0 Å². The van der Waals surface area contributed by atoms with E-state index in [4.69, 9.17) is 15.0 Å². The Morgan fingerprint density at radius 3 is 2.89 bits per heavy atom. The number of para-hydroxylation sites is 1. The topological polar surface area (TPSA) is 77.5 Å². The molecule has 1 amide bonds. The average molecular weight is 358 g/mol. The molecule has 0 fully saturated rings. The maximum atomic E-state index is 11.4. The number of nitrogen functional groups attached to an aromatic ring is 1. The zero-order chi connectivity index (χ0) is 13.0. The van der Waals surface area contributed by atoms with Crippen molar-refractivity contribution in [3.63, 3.8) is 0 Å². The number of amides is 1. The summed E-state index contributed by atoms with van der Waals surface area (Å²) in [5.41, 5.74) is 2.44. The molecule has 0 saturated heterocycles. The summed E-state index contributed by atoms with van der Waals surface area (Å²) in [4.78, 5) is 11.4. The zero-order valence-electron chi connectivity index (χ0n) is 9.35. The second kappa shape index (κ2) is 5.87. The SMILES string of the molecule is NNC(=O)c1ccoc1COc1ccccc1I. The lowest BCUT2D eigenvalue weighted by molar-refractivity contribution is 0.0949. The standard InChI is InChI=1S/C12H11IN2O3/c13-9-3-1-2-4-10(9)18-7-11-8(5-6-17-11)12(16)15-14/h1-6H,7,14H2,(H,15,16). The predicted molar refractivity (Wildman–Crippen MR) is 73.9 cm³/mol. The van der Waals surface area contributed by atoms with Gasteiger partial charge in [0.1, 0.15) is 12.4 Å². The van der Waals surface area contributed by atoms with Gasteiger partial charge in [0.25, 0.3) is 5.91 Å². The number of hydrazine groups is 1. The molecule has 0 aliphatic heterocycles. The first-order valence-corrected chi connectivity index (χ1v) is 6.25. The van der Waals surface area contributed by atoms with Gasteiger partial charge in [-0.05, 0) is 40.8 Å². The minimum atomic E-state index is -0.398. The van der Waals surface area contributed by atoms with Crippen LogP contribution in [0.25, 0.3) is 0 Å². The number of rotatable bonds is 4. The largest absolute Gasteiger partial charge is 0.485 e. The number of carbonyl (C=O) groups excluding carboxylic acids is 1. The highest BCUT2D eigenvalue weighted by Crippen LogP contribution is 2.21. The lowest BCUT2D eigenvalue weighted by Gasteiger charge is -2.07. The first-order valence-electron chi connectivity index (χ1n) is 5.17. The minimum Gasteiger partial charge on any atom is -0.485 e. The highest BCUT2D eigenvalue weighted by Gasteiger charge is 2.14. The van der Waals surface area contributed by atoms with Gasteiger partial charge in [-0.25, -0.2) is 5.84 Å². The Balaban J connectivity index is 2.09. The van der Waals surface area contributed by atoms with Gasteiger partial charge in [0.2, 0.25) is 0 Å². The summed E-state index contributed by atoms with van der Waals surface area (Å²) in [6, 6.07) is 9.15. The summed E-state index contributed by atoms with van der Waals surface area (Å²) in [6.45, 7) is 0.176. The van der Waals surface area contributed by atoms with Crippen LogP contribution in [0, 0.1) is 3.57 Å². The number of furan rings is 1. The lowest BCUT2D eigenvalue weighted by Crippen LogP contribution is -2.30. The van der Waals surface area contributed by atoms with E-state index in [9.17, 15) is 4.79 Å². The van der Waals surface area contributed by atoms with E-state index < -0.39 is 5.91 Å². The van der Waals surface area contributed by atoms with E-state index in [0.29, 0.717) is 11.3 Å². The fourth-order valence-electron chi connectivity index (χ4n) is 1.44. The number of hydrogen-bond acceptors (Lipinski definition) is 4. The van der Waals surface area contributed by atoms with Crippen LogP contribution in [-0.2, 0) is 6.61 Å². The number of hydrogen-bond donors (Lipinski definition) is 2. The molecule has 18 heavy (non-hydrogen) atoms. The normalized spacial score (nSPS) is 10.1. The molecule has 6 heteroatoms. The molecule has 2 aromatic rings. The Kier molecular flexibility index (Phi) is 4.21. The predicted octanol–water partition coefficient (Wildman–Crippen LogP) is 2.07. The van der Waals surface area contributed by atoms with Crippen LogP contribution in [-0.4, -0.2) is 5.91 Å². The first-order chi connectivity index (χ1) is 8.72. The van der Waals surface area contributed by atoms with Crippen molar-refractivity contribution in [3.05, 3.63) is 51.5 Å². The Hall–Kier alpha value is -1.54. The summed E-state index contributed by atoms with van der Waals surface area (Å²) >= 11 is 2.18. The second-order valence-electron chi connectivity index (χ2n) is 3.45. The highest BCUT2D eigenvalue weighted by atomic mass is 127. The van der Waals surface area contributed by atoms with Gasteiger partial charge in [-0.1, -0.05) is 12.1 Å². The van der Waals surface area contributed by atoms with Crippen molar-refractivity contribution in [2.45, 2.75) is 6.61 Å². The number of halogens is 1. The molecule has 1 heterocycles. The molecule has 0 bridgehead atoms. The maximum absolute atomic E-state index is 11.4. The van der Waals surface area contributed by atoms with Gasteiger partial charge in [-0.3, -0.25) is 10.2 Å². The van der Waals surface area contributed by atoms with Crippen molar-refractivity contribution in [2.24, 2.45) is 5.84 Å². The molecule has 0 atom stereocenters. The van der Waals surface area contributed by atoms with Crippen molar-refractivity contribution < 1.29 is 13.9 Å². The van der Waals surface area contributed by atoms with E-state index in [1.807, 2.05) is 24.3 Å². The fourth-order valence-corrected chi connectivity index (χ4v) is 1.98. The van der Waals surface area contributed by atoms with Crippen molar-refractivity contribution in [2.75, 3.05) is 0 Å². The third kappa shape index (κ3) is 2.82. The Morgan fingerprint density at radius 2 is 2.17 bits per heavy atom. The van der Waals surface area contributed by atoms with Crippen LogP contribution in [0.15, 0.2) is 41.0 Å². The molecule has 94 valence electrons. The molecule has 5 nitrogen and oxygen atoms in total. The summed E-state index contributed by atoms with van der Waals surface area (Å²) in [5.74, 6) is 5.87. The van der Waals surface area contributed by atoms with Gasteiger partial charge in [0.15, 0.2) is 5.76 Å². The van der Waals surface area contributed by atoms with E-state index in [0.717, 1.165) is 9.32 Å². The third-order valence-electron chi connectivity index (χ3n) is 2.32. The number of benzene rings is 1. The molecule has 0 saturated carbocycles. The average Bonchev–Trinajstić information content (AvgIpc) is 2.85. The Bertz CT molecular complexity index is 554. The molecule has 0 aliphatic carbocycles. The first kappa shape index (κ1) is 12.9. The smallest absolute Gasteiger partial charge is 0.268 e. The molecule has 1 aromatic carbocycles. The van der Waals surface area contributed by atoms with E-state index in [2.05, 4.69) is 28.0 Å². The molecular formula is C12H11IN2O3. The zero-order valence-corrected chi connectivity index (χ0v) is 11.5. The van der Waals surface area contributed by atoms with Crippen LogP contribution in [0.2, 0.25) is 0 Å². The van der Waals surface area contributed by atoms with E-state index in [-0.39, 0.29) is 6.61 Å². The van der Waals surface area contributed by atoms with E-state index in [1.165, 1.54) is 6.26 Å². The van der Waals surface area contributed by atoms with Gasteiger partial charge >= 0.3 is 0 Å². The molecule has 0 spiro atoms. The summed E-state index contributed by atoms with van der Waals surface area (Å²) in [6.07, 6.45) is 1.43. The summed E-state index contributed by atoms with van der Waals surface area (Å²) in [7, 11) is 0. The van der Waals surface area contributed by atoms with Crippen molar-refractivity contribution in [3.8, 4) is 5.75 Å². The van der Waals surface area contributed by atoms with Crippen LogP contribution in [0.4, 0.5) is 0 Å². The Labute approximate surface area is 117 Å². The van der Waals surface area contributed by atoms with Crippen LogP contribution in [0.3, 0.4) is 0 Å². The van der Waals surface area contributed by atoms with Crippen LogP contribution in [0.5, 0.6) is 5.75 Å². The fraction of sp³-hybridized carbons (Fsp3) is 0.0833. The lowest BCUT2D eigenvalue weighted by atomic mass is 10.2. The van der Waals surface area contributed by atoms with Gasteiger partial charge < -0.3 is 9.15 Å². The minimum absolute atomic E-state index is 0.176. The van der Waals surface area contributed by atoms with Gasteiger partial charge in [0, 0.05) is 0 Å². The molecule has 1 aromatic heterocycles. The highest BCUT2D eigenvalue weighted by molar-refractivity contribution is 14.1. The second-order valence-corrected chi connectivity index (χ2v) is 4.61. The van der Waals surface area contributed by atoms with Gasteiger partial charge in [-0.2, -0.15) is 0 Å². The maximum Gasteiger partial charge on any atom is 0.268 e.